The molecule has 4 N–H and O–H groups in total. The van der Waals surface area contributed by atoms with Gasteiger partial charge in [-0.3, -0.25) is 15.0 Å². The molecule has 122 valence electrons. The summed E-state index contributed by atoms with van der Waals surface area (Å²) in [4.78, 5) is 25.7. The van der Waals surface area contributed by atoms with Crippen LogP contribution in [0.15, 0.2) is 0 Å². The number of imide groups is 1. The minimum absolute atomic E-state index is 0.235. The lowest BCUT2D eigenvalue weighted by molar-refractivity contribution is -0.122. The Hall–Kier alpha value is -1.14. The van der Waals surface area contributed by atoms with E-state index in [9.17, 15) is 9.59 Å². The number of likely N-dealkylation sites (tertiary alicyclic amines) is 1. The van der Waals surface area contributed by atoms with Crippen molar-refractivity contribution in [3.05, 3.63) is 0 Å². The van der Waals surface area contributed by atoms with Crippen LogP contribution in [0.5, 0.6) is 0 Å². The predicted molar refractivity (Wildman–Crippen MR) is 83.9 cm³/mol. The molecule has 1 aliphatic rings. The molecule has 0 bridgehead atoms. The Balaban J connectivity index is 2.29. The van der Waals surface area contributed by atoms with Crippen molar-refractivity contribution >= 4 is 11.9 Å². The van der Waals surface area contributed by atoms with Crippen LogP contribution in [-0.4, -0.2) is 49.1 Å². The quantitative estimate of drug-likeness (QED) is 0.656. The molecule has 1 fully saturated rings. The molecular weight excluding hydrogens is 268 g/mol. The first-order valence-electron chi connectivity index (χ1n) is 8.04. The van der Waals surface area contributed by atoms with Crippen LogP contribution < -0.4 is 16.4 Å². The number of piperidine rings is 1. The van der Waals surface area contributed by atoms with Gasteiger partial charge in [-0.2, -0.15) is 0 Å². The van der Waals surface area contributed by atoms with Crippen molar-refractivity contribution in [3.63, 3.8) is 0 Å². The average molecular weight is 298 g/mol. The highest BCUT2D eigenvalue weighted by Gasteiger charge is 2.24. The standard InChI is InChI=1S/C15H30N4O2/c1-12(2)7-9-17-15(21)18-14(20)11-19-10-4-3-5-13(19)6-8-16/h12-13H,3-11,16H2,1-2H3,(H2,17,18,20,21). The van der Waals surface area contributed by atoms with Crippen LogP contribution in [0.3, 0.4) is 0 Å². The van der Waals surface area contributed by atoms with E-state index in [1.165, 1.54) is 6.42 Å². The molecular formula is C15H30N4O2. The highest BCUT2D eigenvalue weighted by molar-refractivity contribution is 5.95. The fourth-order valence-electron chi connectivity index (χ4n) is 2.66. The average Bonchev–Trinajstić information content (AvgIpc) is 2.40. The molecule has 6 heteroatoms. The summed E-state index contributed by atoms with van der Waals surface area (Å²) in [6.45, 7) is 6.61. The topological polar surface area (TPSA) is 87.5 Å². The van der Waals surface area contributed by atoms with Crippen molar-refractivity contribution in [1.29, 1.82) is 0 Å². The number of amides is 3. The van der Waals surface area contributed by atoms with Gasteiger partial charge in [0.2, 0.25) is 5.91 Å². The van der Waals surface area contributed by atoms with Crippen molar-refractivity contribution in [1.82, 2.24) is 15.5 Å². The second kappa shape index (κ2) is 9.73. The zero-order chi connectivity index (χ0) is 15.7. The van der Waals surface area contributed by atoms with Crippen LogP contribution in [0.1, 0.15) is 46.0 Å². The first-order valence-corrected chi connectivity index (χ1v) is 8.04. The lowest BCUT2D eigenvalue weighted by Gasteiger charge is -2.34. The molecule has 1 rings (SSSR count). The lowest BCUT2D eigenvalue weighted by atomic mass is 9.99. The van der Waals surface area contributed by atoms with Crippen LogP contribution in [0.4, 0.5) is 4.79 Å². The van der Waals surface area contributed by atoms with Gasteiger partial charge in [-0.05, 0) is 44.7 Å². The number of hydrogen-bond donors (Lipinski definition) is 3. The van der Waals surface area contributed by atoms with Crippen molar-refractivity contribution in [2.75, 3.05) is 26.2 Å². The lowest BCUT2D eigenvalue weighted by Crippen LogP contribution is -2.49. The Morgan fingerprint density at radius 2 is 2.10 bits per heavy atom. The molecule has 1 atom stereocenters. The maximum Gasteiger partial charge on any atom is 0.321 e. The van der Waals surface area contributed by atoms with E-state index in [2.05, 4.69) is 29.4 Å². The molecule has 0 saturated carbocycles. The van der Waals surface area contributed by atoms with Gasteiger partial charge in [0, 0.05) is 12.6 Å². The number of nitrogens with one attached hydrogen (secondary N) is 2. The number of carbonyl (C=O) groups is 2. The number of urea groups is 1. The van der Waals surface area contributed by atoms with Crippen molar-refractivity contribution in [2.24, 2.45) is 11.7 Å². The van der Waals surface area contributed by atoms with Crippen molar-refractivity contribution < 1.29 is 9.59 Å². The predicted octanol–water partition coefficient (Wildman–Crippen LogP) is 1.06. The number of hydrogen-bond acceptors (Lipinski definition) is 4. The molecule has 1 saturated heterocycles. The van der Waals surface area contributed by atoms with Gasteiger partial charge in [-0.1, -0.05) is 20.3 Å². The Labute approximate surface area is 127 Å². The fraction of sp³-hybridized carbons (Fsp3) is 0.867. The molecule has 21 heavy (non-hydrogen) atoms. The summed E-state index contributed by atoms with van der Waals surface area (Å²) in [5.41, 5.74) is 5.62. The Morgan fingerprint density at radius 3 is 2.76 bits per heavy atom. The molecule has 0 radical (unpaired) electrons. The number of carbonyl (C=O) groups excluding carboxylic acids is 2. The van der Waals surface area contributed by atoms with Crippen LogP contribution in [0.25, 0.3) is 0 Å². The number of nitrogens with zero attached hydrogens (tertiary/aromatic N) is 1. The van der Waals surface area contributed by atoms with E-state index in [4.69, 9.17) is 5.73 Å². The van der Waals surface area contributed by atoms with Gasteiger partial charge in [0.1, 0.15) is 0 Å². The summed E-state index contributed by atoms with van der Waals surface area (Å²) < 4.78 is 0. The molecule has 6 nitrogen and oxygen atoms in total. The zero-order valence-corrected chi connectivity index (χ0v) is 13.4. The highest BCUT2D eigenvalue weighted by atomic mass is 16.2. The molecule has 1 unspecified atom stereocenters. The van der Waals surface area contributed by atoms with Crippen molar-refractivity contribution in [2.45, 2.75) is 52.0 Å². The molecule has 0 aromatic heterocycles. The minimum Gasteiger partial charge on any atom is -0.338 e. The van der Waals surface area contributed by atoms with E-state index in [-0.39, 0.29) is 12.5 Å². The Bertz CT molecular complexity index is 332. The second-order valence-corrected chi connectivity index (χ2v) is 6.18. The highest BCUT2D eigenvalue weighted by Crippen LogP contribution is 2.18. The largest absolute Gasteiger partial charge is 0.338 e. The second-order valence-electron chi connectivity index (χ2n) is 6.18. The molecule has 0 aromatic rings. The van der Waals surface area contributed by atoms with Gasteiger partial charge in [0.25, 0.3) is 0 Å². The van der Waals surface area contributed by atoms with Crippen LogP contribution in [0, 0.1) is 5.92 Å². The van der Waals surface area contributed by atoms with Crippen LogP contribution in [-0.2, 0) is 4.79 Å². The molecule has 0 spiro atoms. The van der Waals surface area contributed by atoms with Gasteiger partial charge in [0.05, 0.1) is 6.54 Å². The van der Waals surface area contributed by atoms with Gasteiger partial charge in [-0.15, -0.1) is 0 Å². The number of nitrogens with two attached hydrogens (primary N) is 1. The Morgan fingerprint density at radius 1 is 1.33 bits per heavy atom. The molecule has 0 aliphatic carbocycles. The molecule has 1 heterocycles. The van der Waals surface area contributed by atoms with Crippen LogP contribution >= 0.6 is 0 Å². The molecule has 0 aromatic carbocycles. The number of rotatable bonds is 7. The Kier molecular flexibility index (Phi) is 8.30. The summed E-state index contributed by atoms with van der Waals surface area (Å²) in [6.07, 6.45) is 5.21. The van der Waals surface area contributed by atoms with E-state index in [1.807, 2.05) is 0 Å². The van der Waals surface area contributed by atoms with Crippen molar-refractivity contribution in [3.8, 4) is 0 Å². The summed E-state index contributed by atoms with van der Waals surface area (Å²) in [6, 6.07) is -0.0217. The minimum atomic E-state index is -0.395. The molecule has 3 amide bonds. The van der Waals surface area contributed by atoms with E-state index >= 15 is 0 Å². The fourth-order valence-corrected chi connectivity index (χ4v) is 2.66. The van der Waals surface area contributed by atoms with E-state index in [1.54, 1.807) is 0 Å². The first kappa shape index (κ1) is 17.9. The van der Waals surface area contributed by atoms with Gasteiger partial charge < -0.3 is 11.1 Å². The van der Waals surface area contributed by atoms with E-state index < -0.39 is 6.03 Å². The monoisotopic (exact) mass is 298 g/mol. The third kappa shape index (κ3) is 7.43. The first-order chi connectivity index (χ1) is 10.0. The van der Waals surface area contributed by atoms with Crippen LogP contribution in [0.2, 0.25) is 0 Å². The summed E-state index contributed by atoms with van der Waals surface area (Å²) in [5.74, 6) is 0.298. The van der Waals surface area contributed by atoms with Gasteiger partial charge >= 0.3 is 6.03 Å². The SMILES string of the molecule is CC(C)CCNC(=O)NC(=O)CN1CCCCC1CCN. The summed E-state index contributed by atoms with van der Waals surface area (Å²) in [7, 11) is 0. The van der Waals surface area contributed by atoms with E-state index in [0.717, 1.165) is 32.2 Å². The normalized spacial score (nSPS) is 19.5. The maximum absolute atomic E-state index is 11.9. The van der Waals surface area contributed by atoms with Gasteiger partial charge in [-0.25, -0.2) is 4.79 Å². The smallest absolute Gasteiger partial charge is 0.321 e. The summed E-state index contributed by atoms with van der Waals surface area (Å²) in [5, 5.41) is 5.11. The third-order valence-electron chi connectivity index (χ3n) is 3.86. The summed E-state index contributed by atoms with van der Waals surface area (Å²) >= 11 is 0. The van der Waals surface area contributed by atoms with E-state index in [0.29, 0.717) is 25.0 Å². The molecule has 1 aliphatic heterocycles. The zero-order valence-electron chi connectivity index (χ0n) is 13.4. The van der Waals surface area contributed by atoms with Gasteiger partial charge in [0.15, 0.2) is 0 Å². The third-order valence-corrected chi connectivity index (χ3v) is 3.86. The maximum atomic E-state index is 11.9.